The van der Waals surface area contributed by atoms with Crippen molar-refractivity contribution in [1.29, 1.82) is 0 Å². The van der Waals surface area contributed by atoms with Gasteiger partial charge in [-0.15, -0.1) is 0 Å². The molecule has 110 valence electrons. The average Bonchev–Trinajstić information content (AvgIpc) is 3.28. The molecule has 2 aromatic carbocycles. The van der Waals surface area contributed by atoms with E-state index < -0.39 is 0 Å². The van der Waals surface area contributed by atoms with E-state index in [2.05, 4.69) is 27.3 Å². The minimum absolute atomic E-state index is 0.434. The van der Waals surface area contributed by atoms with Crippen molar-refractivity contribution in [3.05, 3.63) is 56.5 Å². The van der Waals surface area contributed by atoms with Crippen LogP contribution >= 0.6 is 39.1 Å². The van der Waals surface area contributed by atoms with Gasteiger partial charge >= 0.3 is 0 Å². The lowest BCUT2D eigenvalue weighted by Crippen LogP contribution is -2.15. The summed E-state index contributed by atoms with van der Waals surface area (Å²) < 4.78 is 6.98. The summed E-state index contributed by atoms with van der Waals surface area (Å²) in [4.78, 5) is 0. The fraction of sp³-hybridized carbons (Fsp3) is 0.250. The molecular formula is C16H14BrCl2NO. The van der Waals surface area contributed by atoms with Gasteiger partial charge in [0.05, 0.1) is 5.02 Å². The highest BCUT2D eigenvalue weighted by Gasteiger charge is 2.21. The third-order valence-electron chi connectivity index (χ3n) is 3.32. The maximum absolute atomic E-state index is 6.18. The van der Waals surface area contributed by atoms with E-state index in [0.717, 1.165) is 22.3 Å². The molecule has 0 atom stereocenters. The van der Waals surface area contributed by atoms with Crippen LogP contribution in [0.2, 0.25) is 10.0 Å². The predicted molar refractivity (Wildman–Crippen MR) is 90.5 cm³/mol. The van der Waals surface area contributed by atoms with Gasteiger partial charge in [-0.05, 0) is 43.2 Å². The number of hydrogen-bond donors (Lipinski definition) is 1. The molecule has 0 unspecified atom stereocenters. The van der Waals surface area contributed by atoms with E-state index in [1.165, 1.54) is 12.8 Å². The van der Waals surface area contributed by atoms with E-state index in [1.807, 2.05) is 24.3 Å². The molecule has 0 spiro atoms. The highest BCUT2D eigenvalue weighted by atomic mass is 79.9. The second kappa shape index (κ2) is 6.57. The summed E-state index contributed by atoms with van der Waals surface area (Å²) >= 11 is 15.7. The topological polar surface area (TPSA) is 21.3 Å². The second-order valence-corrected chi connectivity index (χ2v) is 6.76. The normalized spacial score (nSPS) is 14.2. The minimum Gasteiger partial charge on any atom is -0.455 e. The number of halogens is 3. The Balaban J connectivity index is 1.84. The van der Waals surface area contributed by atoms with Crippen molar-refractivity contribution < 1.29 is 4.74 Å². The molecule has 0 aliphatic heterocycles. The molecule has 1 aliphatic rings. The average molecular weight is 387 g/mol. The van der Waals surface area contributed by atoms with Crippen LogP contribution in [-0.4, -0.2) is 6.04 Å². The van der Waals surface area contributed by atoms with Gasteiger partial charge in [0.15, 0.2) is 0 Å². The molecule has 21 heavy (non-hydrogen) atoms. The highest BCUT2D eigenvalue weighted by Crippen LogP contribution is 2.36. The maximum atomic E-state index is 6.18. The first-order chi connectivity index (χ1) is 10.1. The zero-order chi connectivity index (χ0) is 14.8. The Morgan fingerprint density at radius 2 is 1.95 bits per heavy atom. The fourth-order valence-electron chi connectivity index (χ4n) is 2.01. The molecule has 5 heteroatoms. The van der Waals surface area contributed by atoms with Crippen LogP contribution in [0.3, 0.4) is 0 Å². The molecule has 2 nitrogen and oxygen atoms in total. The molecule has 0 heterocycles. The van der Waals surface area contributed by atoms with Crippen molar-refractivity contribution in [3.63, 3.8) is 0 Å². The van der Waals surface area contributed by atoms with Crippen molar-refractivity contribution in [2.45, 2.75) is 25.4 Å². The molecular weight excluding hydrogens is 373 g/mol. The lowest BCUT2D eigenvalue weighted by molar-refractivity contribution is 0.472. The Morgan fingerprint density at radius 1 is 1.14 bits per heavy atom. The number of nitrogens with one attached hydrogen (secondary N) is 1. The molecule has 0 aromatic heterocycles. The van der Waals surface area contributed by atoms with E-state index in [1.54, 1.807) is 6.07 Å². The number of rotatable bonds is 5. The van der Waals surface area contributed by atoms with Crippen molar-refractivity contribution in [1.82, 2.24) is 5.32 Å². The largest absolute Gasteiger partial charge is 0.455 e. The minimum atomic E-state index is 0.434. The Morgan fingerprint density at radius 3 is 2.71 bits per heavy atom. The lowest BCUT2D eigenvalue weighted by atomic mass is 10.2. The zero-order valence-corrected chi connectivity index (χ0v) is 14.3. The third-order valence-corrected chi connectivity index (χ3v) is 4.61. The molecule has 1 aliphatic carbocycles. The monoisotopic (exact) mass is 385 g/mol. The number of hydrogen-bond acceptors (Lipinski definition) is 2. The van der Waals surface area contributed by atoms with Crippen LogP contribution in [0.4, 0.5) is 0 Å². The van der Waals surface area contributed by atoms with Gasteiger partial charge in [0, 0.05) is 22.6 Å². The molecule has 0 radical (unpaired) electrons. The predicted octanol–water partition coefficient (Wildman–Crippen LogP) is 5.80. The summed E-state index contributed by atoms with van der Waals surface area (Å²) in [7, 11) is 0. The summed E-state index contributed by atoms with van der Waals surface area (Å²) in [6.07, 6.45) is 2.51. The van der Waals surface area contributed by atoms with Crippen LogP contribution in [0.1, 0.15) is 18.4 Å². The first kappa shape index (κ1) is 15.2. The smallest absolute Gasteiger partial charge is 0.147 e. The first-order valence-electron chi connectivity index (χ1n) is 6.77. The molecule has 0 amide bonds. The van der Waals surface area contributed by atoms with Crippen molar-refractivity contribution in [2.24, 2.45) is 0 Å². The standard InChI is InChI=1S/C16H14BrCl2NO/c17-11-4-7-14(10(8-11)9-20-12-5-6-12)21-15-3-1-2-13(18)16(15)19/h1-4,7-8,12,20H,5-6,9H2. The lowest BCUT2D eigenvalue weighted by Gasteiger charge is -2.13. The van der Waals surface area contributed by atoms with Crippen molar-refractivity contribution >= 4 is 39.1 Å². The quantitative estimate of drug-likeness (QED) is 0.700. The van der Waals surface area contributed by atoms with E-state index in [9.17, 15) is 0 Å². The second-order valence-electron chi connectivity index (χ2n) is 5.06. The summed E-state index contributed by atoms with van der Waals surface area (Å²) in [5.74, 6) is 1.36. The van der Waals surface area contributed by atoms with Gasteiger partial charge in [-0.1, -0.05) is 45.2 Å². The van der Waals surface area contributed by atoms with Crippen molar-refractivity contribution in [3.8, 4) is 11.5 Å². The molecule has 3 rings (SSSR count). The fourth-order valence-corrected chi connectivity index (χ4v) is 2.75. The van der Waals surface area contributed by atoms with Crippen LogP contribution in [0.5, 0.6) is 11.5 Å². The summed E-state index contributed by atoms with van der Waals surface area (Å²) in [5, 5.41) is 4.42. The van der Waals surface area contributed by atoms with Gasteiger partial charge in [-0.3, -0.25) is 0 Å². The van der Waals surface area contributed by atoms with Crippen LogP contribution in [0.15, 0.2) is 40.9 Å². The van der Waals surface area contributed by atoms with Crippen LogP contribution in [0.25, 0.3) is 0 Å². The molecule has 2 aromatic rings. The van der Waals surface area contributed by atoms with Gasteiger partial charge in [0.25, 0.3) is 0 Å². The van der Waals surface area contributed by atoms with E-state index >= 15 is 0 Å². The maximum Gasteiger partial charge on any atom is 0.147 e. The number of benzene rings is 2. The van der Waals surface area contributed by atoms with Gasteiger partial charge < -0.3 is 10.1 Å². The summed E-state index contributed by atoms with van der Waals surface area (Å²) in [6.45, 7) is 0.775. The Kier molecular flexibility index (Phi) is 4.75. The molecule has 1 N–H and O–H groups in total. The first-order valence-corrected chi connectivity index (χ1v) is 8.32. The molecule has 0 bridgehead atoms. The number of ether oxygens (including phenoxy) is 1. The van der Waals surface area contributed by atoms with Crippen LogP contribution < -0.4 is 10.1 Å². The Hall–Kier alpha value is -0.740. The van der Waals surface area contributed by atoms with E-state index in [4.69, 9.17) is 27.9 Å². The van der Waals surface area contributed by atoms with Gasteiger partial charge in [-0.2, -0.15) is 0 Å². The van der Waals surface area contributed by atoms with Crippen molar-refractivity contribution in [2.75, 3.05) is 0 Å². The summed E-state index contributed by atoms with van der Waals surface area (Å²) in [6, 6.07) is 12.0. The SMILES string of the molecule is Clc1cccc(Oc2ccc(Br)cc2CNC2CC2)c1Cl. The van der Waals surface area contributed by atoms with Gasteiger partial charge in [0.2, 0.25) is 0 Å². The Labute approximate surface area is 142 Å². The summed E-state index contributed by atoms with van der Waals surface area (Å²) in [5.41, 5.74) is 1.09. The third kappa shape index (κ3) is 3.92. The zero-order valence-electron chi connectivity index (χ0n) is 11.2. The highest BCUT2D eigenvalue weighted by molar-refractivity contribution is 9.10. The molecule has 1 fully saturated rings. The van der Waals surface area contributed by atoms with Gasteiger partial charge in [0.1, 0.15) is 16.5 Å². The Bertz CT molecular complexity index is 659. The van der Waals surface area contributed by atoms with Crippen LogP contribution in [0, 0.1) is 0 Å². The van der Waals surface area contributed by atoms with Gasteiger partial charge in [-0.25, -0.2) is 0 Å². The van der Waals surface area contributed by atoms with E-state index in [-0.39, 0.29) is 0 Å². The molecule has 1 saturated carbocycles. The van der Waals surface area contributed by atoms with E-state index in [0.29, 0.717) is 21.8 Å². The molecule has 0 saturated heterocycles. The van der Waals surface area contributed by atoms with Crippen LogP contribution in [-0.2, 0) is 6.54 Å².